The summed E-state index contributed by atoms with van der Waals surface area (Å²) in [4.78, 5) is 12.3. The van der Waals surface area contributed by atoms with Gasteiger partial charge in [-0.1, -0.05) is 33.6 Å². The normalized spacial score (nSPS) is 29.3. The van der Waals surface area contributed by atoms with Crippen LogP contribution in [0.5, 0.6) is 0 Å². The third-order valence-corrected chi connectivity index (χ3v) is 4.35. The summed E-state index contributed by atoms with van der Waals surface area (Å²) >= 11 is 0. The van der Waals surface area contributed by atoms with Crippen LogP contribution < -0.4 is 11.1 Å². The number of rotatable bonds is 6. The number of carbonyl (C=O) groups excluding carboxylic acids is 1. The Kier molecular flexibility index (Phi) is 6.84. The minimum Gasteiger partial charge on any atom is -0.353 e. The van der Waals surface area contributed by atoms with Crippen LogP contribution in [0.15, 0.2) is 0 Å². The molecule has 1 rings (SSSR count). The maximum Gasteiger partial charge on any atom is 0.223 e. The molecule has 4 atom stereocenters. The average molecular weight is 268 g/mol. The molecule has 0 spiro atoms. The van der Waals surface area contributed by atoms with Gasteiger partial charge in [-0.3, -0.25) is 4.79 Å². The fourth-order valence-corrected chi connectivity index (χ4v) is 3.08. The van der Waals surface area contributed by atoms with E-state index in [2.05, 4.69) is 33.0 Å². The Balaban J connectivity index is 2.29. The molecule has 1 fully saturated rings. The van der Waals surface area contributed by atoms with E-state index in [1.165, 1.54) is 12.8 Å². The molecule has 3 N–H and O–H groups in total. The van der Waals surface area contributed by atoms with Gasteiger partial charge in [0.25, 0.3) is 0 Å². The summed E-state index contributed by atoms with van der Waals surface area (Å²) in [6.45, 7) is 8.77. The topological polar surface area (TPSA) is 55.1 Å². The summed E-state index contributed by atoms with van der Waals surface area (Å²) in [5.41, 5.74) is 5.95. The second kappa shape index (κ2) is 7.88. The average Bonchev–Trinajstić information content (AvgIpc) is 2.27. The molecular weight excluding hydrogens is 236 g/mol. The first-order valence-corrected chi connectivity index (χ1v) is 7.96. The van der Waals surface area contributed by atoms with Gasteiger partial charge in [0.05, 0.1) is 0 Å². The molecule has 1 aliphatic carbocycles. The maximum atomic E-state index is 12.3. The van der Waals surface area contributed by atoms with Crippen LogP contribution in [0.3, 0.4) is 0 Å². The van der Waals surface area contributed by atoms with Crippen molar-refractivity contribution in [3.05, 3.63) is 0 Å². The highest BCUT2D eigenvalue weighted by Gasteiger charge is 2.31. The van der Waals surface area contributed by atoms with Gasteiger partial charge < -0.3 is 11.1 Å². The van der Waals surface area contributed by atoms with Crippen molar-refractivity contribution in [1.82, 2.24) is 5.32 Å². The quantitative estimate of drug-likeness (QED) is 0.778. The van der Waals surface area contributed by atoms with Gasteiger partial charge in [-0.05, 0) is 44.4 Å². The molecule has 0 aromatic heterocycles. The van der Waals surface area contributed by atoms with Crippen molar-refractivity contribution in [2.24, 2.45) is 23.5 Å². The lowest BCUT2D eigenvalue weighted by atomic mass is 9.77. The fourth-order valence-electron chi connectivity index (χ4n) is 3.08. The molecule has 0 heterocycles. The first-order chi connectivity index (χ1) is 8.90. The minimum absolute atomic E-state index is 0.173. The molecule has 0 bridgehead atoms. The van der Waals surface area contributed by atoms with E-state index in [4.69, 9.17) is 5.73 Å². The smallest absolute Gasteiger partial charge is 0.223 e. The number of carbonyl (C=O) groups is 1. The Morgan fingerprint density at radius 2 is 1.95 bits per heavy atom. The van der Waals surface area contributed by atoms with Crippen LogP contribution >= 0.6 is 0 Å². The molecule has 3 nitrogen and oxygen atoms in total. The van der Waals surface area contributed by atoms with Crippen molar-refractivity contribution in [2.45, 2.75) is 78.3 Å². The number of amides is 1. The van der Waals surface area contributed by atoms with Gasteiger partial charge in [0.1, 0.15) is 0 Å². The van der Waals surface area contributed by atoms with E-state index in [0.29, 0.717) is 18.0 Å². The Hall–Kier alpha value is -0.570. The molecular formula is C16H32N2O. The lowest BCUT2D eigenvalue weighted by molar-refractivity contribution is -0.128. The van der Waals surface area contributed by atoms with Gasteiger partial charge in [0.2, 0.25) is 5.91 Å². The van der Waals surface area contributed by atoms with Crippen LogP contribution in [-0.2, 0) is 4.79 Å². The Morgan fingerprint density at radius 3 is 2.53 bits per heavy atom. The van der Waals surface area contributed by atoms with E-state index in [1.54, 1.807) is 0 Å². The molecule has 0 saturated heterocycles. The number of nitrogens with one attached hydrogen (secondary N) is 1. The minimum atomic E-state index is 0.173. The Labute approximate surface area is 118 Å². The van der Waals surface area contributed by atoms with Gasteiger partial charge in [0.15, 0.2) is 0 Å². The van der Waals surface area contributed by atoms with E-state index < -0.39 is 0 Å². The number of hydrogen-bond acceptors (Lipinski definition) is 2. The van der Waals surface area contributed by atoms with Gasteiger partial charge >= 0.3 is 0 Å². The molecule has 0 aromatic rings. The second-order valence-corrected chi connectivity index (χ2v) is 6.89. The Bertz CT molecular complexity index is 278. The lowest BCUT2D eigenvalue weighted by Gasteiger charge is -2.32. The van der Waals surface area contributed by atoms with E-state index in [-0.39, 0.29) is 11.8 Å². The van der Waals surface area contributed by atoms with Crippen molar-refractivity contribution in [3.8, 4) is 0 Å². The first-order valence-electron chi connectivity index (χ1n) is 7.96. The highest BCUT2D eigenvalue weighted by molar-refractivity contribution is 5.79. The SMILES string of the molecule is CC(C)CCCC(C)NC(=O)C1CCC(N)CC1C. The van der Waals surface area contributed by atoms with Crippen molar-refractivity contribution < 1.29 is 4.79 Å². The van der Waals surface area contributed by atoms with Gasteiger partial charge in [-0.2, -0.15) is 0 Å². The van der Waals surface area contributed by atoms with Crippen LogP contribution in [0.2, 0.25) is 0 Å². The largest absolute Gasteiger partial charge is 0.353 e. The molecule has 1 amide bonds. The lowest BCUT2D eigenvalue weighted by Crippen LogP contribution is -2.43. The zero-order chi connectivity index (χ0) is 14.4. The summed E-state index contributed by atoms with van der Waals surface area (Å²) in [6, 6.07) is 0.594. The van der Waals surface area contributed by atoms with Crippen molar-refractivity contribution in [1.29, 1.82) is 0 Å². The van der Waals surface area contributed by atoms with Crippen LogP contribution in [-0.4, -0.2) is 18.0 Å². The zero-order valence-electron chi connectivity index (χ0n) is 13.1. The van der Waals surface area contributed by atoms with Crippen LogP contribution in [0.25, 0.3) is 0 Å². The molecule has 0 radical (unpaired) electrons. The van der Waals surface area contributed by atoms with Gasteiger partial charge in [0, 0.05) is 18.0 Å². The van der Waals surface area contributed by atoms with E-state index in [1.807, 2.05) is 0 Å². The third-order valence-electron chi connectivity index (χ3n) is 4.35. The van der Waals surface area contributed by atoms with Gasteiger partial charge in [-0.25, -0.2) is 0 Å². The zero-order valence-corrected chi connectivity index (χ0v) is 13.1. The van der Waals surface area contributed by atoms with Gasteiger partial charge in [-0.15, -0.1) is 0 Å². The van der Waals surface area contributed by atoms with Crippen LogP contribution in [0, 0.1) is 17.8 Å². The molecule has 19 heavy (non-hydrogen) atoms. The molecule has 4 unspecified atom stereocenters. The van der Waals surface area contributed by atoms with Crippen molar-refractivity contribution in [3.63, 3.8) is 0 Å². The summed E-state index contributed by atoms with van der Waals surface area (Å²) in [5, 5.41) is 3.19. The van der Waals surface area contributed by atoms with E-state index in [9.17, 15) is 4.79 Å². The van der Waals surface area contributed by atoms with E-state index >= 15 is 0 Å². The fraction of sp³-hybridized carbons (Fsp3) is 0.938. The summed E-state index contributed by atoms with van der Waals surface area (Å²) in [6.07, 6.45) is 6.46. The molecule has 1 aliphatic rings. The molecule has 0 aliphatic heterocycles. The predicted octanol–water partition coefficient (Wildman–Crippen LogP) is 3.08. The number of hydrogen-bond donors (Lipinski definition) is 2. The highest BCUT2D eigenvalue weighted by Crippen LogP contribution is 2.29. The third kappa shape index (κ3) is 5.94. The summed E-state index contributed by atoms with van der Waals surface area (Å²) in [7, 11) is 0. The second-order valence-electron chi connectivity index (χ2n) is 6.89. The Morgan fingerprint density at radius 1 is 1.26 bits per heavy atom. The van der Waals surface area contributed by atoms with Crippen molar-refractivity contribution in [2.75, 3.05) is 0 Å². The van der Waals surface area contributed by atoms with Crippen molar-refractivity contribution >= 4 is 5.91 Å². The molecule has 0 aromatic carbocycles. The highest BCUT2D eigenvalue weighted by atomic mass is 16.1. The molecule has 3 heteroatoms. The molecule has 1 saturated carbocycles. The predicted molar refractivity (Wildman–Crippen MR) is 80.8 cm³/mol. The van der Waals surface area contributed by atoms with E-state index in [0.717, 1.165) is 31.6 Å². The first kappa shape index (κ1) is 16.5. The van der Waals surface area contributed by atoms with Crippen LogP contribution in [0.1, 0.15) is 66.2 Å². The van der Waals surface area contributed by atoms with Crippen LogP contribution in [0.4, 0.5) is 0 Å². The summed E-state index contributed by atoms with van der Waals surface area (Å²) < 4.78 is 0. The molecule has 112 valence electrons. The maximum absolute atomic E-state index is 12.3. The monoisotopic (exact) mass is 268 g/mol. The number of nitrogens with two attached hydrogens (primary N) is 1. The standard InChI is InChI=1S/C16H32N2O/c1-11(2)6-5-7-13(4)18-16(19)15-9-8-14(17)10-12(15)3/h11-15H,5-10,17H2,1-4H3,(H,18,19). The summed E-state index contributed by atoms with van der Waals surface area (Å²) in [5.74, 6) is 1.60.